The summed E-state index contributed by atoms with van der Waals surface area (Å²) in [6.45, 7) is 1.53. The van der Waals surface area contributed by atoms with E-state index in [0.717, 1.165) is 10.2 Å². The number of hydrogen-bond acceptors (Lipinski definition) is 4. The van der Waals surface area contributed by atoms with Crippen molar-refractivity contribution in [3.63, 3.8) is 0 Å². The van der Waals surface area contributed by atoms with E-state index in [9.17, 15) is 14.0 Å². The molecule has 1 aromatic heterocycles. The molecule has 0 radical (unpaired) electrons. The summed E-state index contributed by atoms with van der Waals surface area (Å²) in [5.74, 6) is -1.55. The topological polar surface area (TPSA) is 77.1 Å². The van der Waals surface area contributed by atoms with Crippen LogP contribution in [0.2, 0.25) is 5.02 Å². The maximum Gasteiger partial charge on any atom is 0.437 e. The summed E-state index contributed by atoms with van der Waals surface area (Å²) < 4.78 is 18.9. The van der Waals surface area contributed by atoms with Gasteiger partial charge in [0.25, 0.3) is 0 Å². The lowest BCUT2D eigenvalue weighted by molar-refractivity contribution is -0.122. The van der Waals surface area contributed by atoms with Crippen LogP contribution in [0.3, 0.4) is 0 Å². The summed E-state index contributed by atoms with van der Waals surface area (Å²) in [5, 5.41) is 7.36. The molecular weight excluding hydrogens is 361 g/mol. The van der Waals surface area contributed by atoms with Gasteiger partial charge in [0.05, 0.1) is 6.04 Å². The number of carbonyl (C=O) groups excluding carboxylic acids is 1. The van der Waals surface area contributed by atoms with Gasteiger partial charge in [0.15, 0.2) is 0 Å². The molecule has 0 saturated heterocycles. The molecule has 0 aliphatic heterocycles. The third kappa shape index (κ3) is 4.18. The van der Waals surface area contributed by atoms with E-state index >= 15 is 0 Å². The van der Waals surface area contributed by atoms with Crippen molar-refractivity contribution in [2.75, 3.05) is 0 Å². The van der Waals surface area contributed by atoms with E-state index in [1.807, 2.05) is 19.1 Å². The van der Waals surface area contributed by atoms with Crippen molar-refractivity contribution in [3.05, 3.63) is 75.5 Å². The fourth-order valence-electron chi connectivity index (χ4n) is 2.37. The zero-order valence-electron chi connectivity index (χ0n) is 13.8. The van der Waals surface area contributed by atoms with Gasteiger partial charge in [0.2, 0.25) is 11.8 Å². The van der Waals surface area contributed by atoms with E-state index in [4.69, 9.17) is 16.0 Å². The Kier molecular flexibility index (Phi) is 5.18. The van der Waals surface area contributed by atoms with E-state index in [2.05, 4.69) is 10.4 Å². The molecule has 3 aromatic rings. The number of amides is 1. The van der Waals surface area contributed by atoms with E-state index < -0.39 is 17.5 Å². The quantitative estimate of drug-likeness (QED) is 0.743. The predicted molar refractivity (Wildman–Crippen MR) is 94.2 cm³/mol. The van der Waals surface area contributed by atoms with Gasteiger partial charge in [-0.05, 0) is 48.9 Å². The smallest absolute Gasteiger partial charge is 0.388 e. The van der Waals surface area contributed by atoms with Gasteiger partial charge >= 0.3 is 5.76 Å². The highest BCUT2D eigenvalue weighted by Crippen LogP contribution is 2.17. The maximum absolute atomic E-state index is 13.0. The average Bonchev–Trinajstić information content (AvgIpc) is 2.96. The zero-order valence-corrected chi connectivity index (χ0v) is 14.5. The molecule has 1 heterocycles. The largest absolute Gasteiger partial charge is 0.437 e. The van der Waals surface area contributed by atoms with E-state index in [-0.39, 0.29) is 18.5 Å². The molecule has 1 amide bonds. The fraction of sp³-hybridized carbons (Fsp3) is 0.167. The van der Waals surface area contributed by atoms with Crippen molar-refractivity contribution in [1.82, 2.24) is 15.1 Å². The van der Waals surface area contributed by atoms with Crippen molar-refractivity contribution in [3.8, 4) is 11.5 Å². The predicted octanol–water partition coefficient (Wildman–Crippen LogP) is 3.17. The van der Waals surface area contributed by atoms with E-state index in [1.165, 1.54) is 24.3 Å². The number of rotatable bonds is 5. The van der Waals surface area contributed by atoms with Gasteiger partial charge in [-0.2, -0.15) is 4.68 Å². The van der Waals surface area contributed by atoms with E-state index in [1.54, 1.807) is 12.1 Å². The lowest BCUT2D eigenvalue weighted by Gasteiger charge is -2.14. The number of nitrogens with one attached hydrogen (secondary N) is 1. The molecule has 0 aliphatic carbocycles. The van der Waals surface area contributed by atoms with Crippen LogP contribution in [0.25, 0.3) is 11.5 Å². The Morgan fingerprint density at radius 1 is 1.23 bits per heavy atom. The normalized spacial score (nSPS) is 12.0. The van der Waals surface area contributed by atoms with Crippen LogP contribution in [0.5, 0.6) is 0 Å². The van der Waals surface area contributed by atoms with Gasteiger partial charge in [0, 0.05) is 10.6 Å². The SMILES string of the molecule is C[C@@H](NC(=O)Cn1nc(-c2ccc(F)cc2)oc1=O)c1ccc(Cl)cc1. The highest BCUT2D eigenvalue weighted by molar-refractivity contribution is 6.30. The molecule has 1 atom stereocenters. The first kappa shape index (κ1) is 17.9. The Balaban J connectivity index is 1.68. The van der Waals surface area contributed by atoms with Crippen LogP contribution in [-0.4, -0.2) is 15.7 Å². The third-order valence-electron chi connectivity index (χ3n) is 3.74. The number of hydrogen-bond donors (Lipinski definition) is 1. The van der Waals surface area contributed by atoms with E-state index in [0.29, 0.717) is 10.6 Å². The van der Waals surface area contributed by atoms with Crippen LogP contribution in [-0.2, 0) is 11.3 Å². The maximum atomic E-state index is 13.0. The second kappa shape index (κ2) is 7.53. The van der Waals surface area contributed by atoms with Gasteiger partial charge in [-0.25, -0.2) is 9.18 Å². The Morgan fingerprint density at radius 3 is 2.54 bits per heavy atom. The van der Waals surface area contributed by atoms with Crippen LogP contribution in [0.1, 0.15) is 18.5 Å². The molecular formula is C18H15ClFN3O3. The average molecular weight is 376 g/mol. The molecule has 134 valence electrons. The minimum Gasteiger partial charge on any atom is -0.388 e. The lowest BCUT2D eigenvalue weighted by Crippen LogP contribution is -2.33. The fourth-order valence-corrected chi connectivity index (χ4v) is 2.50. The van der Waals surface area contributed by atoms with Gasteiger partial charge in [-0.1, -0.05) is 23.7 Å². The van der Waals surface area contributed by atoms with Crippen LogP contribution < -0.4 is 11.1 Å². The molecule has 3 rings (SSSR count). The standard InChI is InChI=1S/C18H15ClFN3O3/c1-11(12-2-6-14(19)7-3-12)21-16(24)10-23-18(25)26-17(22-23)13-4-8-15(20)9-5-13/h2-9,11H,10H2,1H3,(H,21,24)/t11-/m1/s1. The lowest BCUT2D eigenvalue weighted by atomic mass is 10.1. The number of benzene rings is 2. The number of halogens is 2. The highest BCUT2D eigenvalue weighted by atomic mass is 35.5. The first-order valence-corrected chi connectivity index (χ1v) is 8.19. The first-order valence-electron chi connectivity index (χ1n) is 7.81. The molecule has 26 heavy (non-hydrogen) atoms. The molecule has 2 aromatic carbocycles. The summed E-state index contributed by atoms with van der Waals surface area (Å²) >= 11 is 5.84. The zero-order chi connectivity index (χ0) is 18.7. The van der Waals surface area contributed by atoms with Crippen LogP contribution in [0, 0.1) is 5.82 Å². The van der Waals surface area contributed by atoms with Crippen molar-refractivity contribution in [1.29, 1.82) is 0 Å². The minimum absolute atomic E-state index is 0.0218. The van der Waals surface area contributed by atoms with Crippen molar-refractivity contribution in [2.24, 2.45) is 0 Å². The molecule has 6 nitrogen and oxygen atoms in total. The first-order chi connectivity index (χ1) is 12.4. The summed E-state index contributed by atoms with van der Waals surface area (Å²) in [6, 6.07) is 12.2. The molecule has 0 fully saturated rings. The Bertz CT molecular complexity index is 965. The van der Waals surface area contributed by atoms with Crippen LogP contribution in [0.4, 0.5) is 4.39 Å². The second-order valence-electron chi connectivity index (χ2n) is 5.68. The monoisotopic (exact) mass is 375 g/mol. The summed E-state index contributed by atoms with van der Waals surface area (Å²) in [7, 11) is 0. The van der Waals surface area contributed by atoms with Gasteiger partial charge in [-0.3, -0.25) is 4.79 Å². The Hall–Kier alpha value is -2.93. The summed E-state index contributed by atoms with van der Waals surface area (Å²) in [6.07, 6.45) is 0. The Labute approximate surface area is 153 Å². The summed E-state index contributed by atoms with van der Waals surface area (Å²) in [4.78, 5) is 24.1. The molecule has 8 heteroatoms. The molecule has 0 unspecified atom stereocenters. The van der Waals surface area contributed by atoms with Crippen LogP contribution >= 0.6 is 11.6 Å². The van der Waals surface area contributed by atoms with Gasteiger partial charge in [0.1, 0.15) is 12.4 Å². The van der Waals surface area contributed by atoms with Crippen molar-refractivity contribution < 1.29 is 13.6 Å². The molecule has 0 spiro atoms. The van der Waals surface area contributed by atoms with Crippen LogP contribution in [0.15, 0.2) is 57.7 Å². The Morgan fingerprint density at radius 2 is 1.88 bits per heavy atom. The molecule has 1 N–H and O–H groups in total. The number of aromatic nitrogens is 2. The van der Waals surface area contributed by atoms with Gasteiger partial charge in [-0.15, -0.1) is 5.10 Å². The number of carbonyl (C=O) groups is 1. The van der Waals surface area contributed by atoms with Gasteiger partial charge < -0.3 is 9.73 Å². The highest BCUT2D eigenvalue weighted by Gasteiger charge is 2.15. The van der Waals surface area contributed by atoms with Crippen molar-refractivity contribution >= 4 is 17.5 Å². The number of nitrogens with zero attached hydrogens (tertiary/aromatic N) is 2. The second-order valence-corrected chi connectivity index (χ2v) is 6.11. The third-order valence-corrected chi connectivity index (χ3v) is 3.99. The molecule has 0 bridgehead atoms. The minimum atomic E-state index is -0.765. The molecule has 0 saturated carbocycles. The summed E-state index contributed by atoms with van der Waals surface area (Å²) in [5.41, 5.74) is 1.32. The van der Waals surface area contributed by atoms with Crippen molar-refractivity contribution in [2.45, 2.75) is 19.5 Å². The molecule has 0 aliphatic rings.